The zero-order valence-corrected chi connectivity index (χ0v) is 12.1. The molecule has 1 aromatic rings. The summed E-state index contributed by atoms with van der Waals surface area (Å²) in [6.07, 6.45) is 4.03. The third-order valence-electron chi connectivity index (χ3n) is 3.42. The minimum atomic E-state index is -0.527. The molecule has 96 valence electrons. The molecule has 1 fully saturated rings. The molecule has 2 rings (SSSR count). The van der Waals surface area contributed by atoms with Gasteiger partial charge < -0.3 is 10.4 Å². The number of nitrogens with one attached hydrogen (secondary N) is 1. The second kappa shape index (κ2) is 5.45. The fraction of sp³-hybridized carbons (Fsp3) is 0.667. The minimum absolute atomic E-state index is 0.121. The quantitative estimate of drug-likeness (QED) is 0.879. The van der Waals surface area contributed by atoms with Crippen molar-refractivity contribution in [2.45, 2.75) is 44.2 Å². The molecule has 0 aliphatic heterocycles. The van der Waals surface area contributed by atoms with Crippen molar-refractivity contribution in [3.8, 4) is 0 Å². The summed E-state index contributed by atoms with van der Waals surface area (Å²) in [6, 6.07) is 2.01. The monoisotopic (exact) mass is 293 g/mol. The maximum Gasteiger partial charge on any atom is 0.0991 e. The summed E-state index contributed by atoms with van der Waals surface area (Å²) < 4.78 is 1.44. The Morgan fingerprint density at radius 3 is 2.65 bits per heavy atom. The highest BCUT2D eigenvalue weighted by molar-refractivity contribution is 7.20. The Kier molecular flexibility index (Phi) is 4.37. The van der Waals surface area contributed by atoms with Crippen LogP contribution in [-0.2, 0) is 0 Å². The molecule has 2 nitrogen and oxygen atoms in total. The van der Waals surface area contributed by atoms with E-state index >= 15 is 0 Å². The van der Waals surface area contributed by atoms with Crippen LogP contribution in [0.25, 0.3) is 0 Å². The van der Waals surface area contributed by atoms with Gasteiger partial charge >= 0.3 is 0 Å². The van der Waals surface area contributed by atoms with Crippen molar-refractivity contribution in [3.05, 3.63) is 20.3 Å². The maximum absolute atomic E-state index is 10.2. The van der Waals surface area contributed by atoms with Crippen LogP contribution in [0.5, 0.6) is 0 Å². The van der Waals surface area contributed by atoms with E-state index in [0.29, 0.717) is 10.9 Å². The summed E-state index contributed by atoms with van der Waals surface area (Å²) in [6.45, 7) is 2.67. The van der Waals surface area contributed by atoms with Gasteiger partial charge in [0.2, 0.25) is 0 Å². The molecular formula is C12H17Cl2NOS. The lowest BCUT2D eigenvalue weighted by atomic mass is 10.0. The highest BCUT2D eigenvalue weighted by Gasteiger charge is 2.31. The van der Waals surface area contributed by atoms with Crippen molar-refractivity contribution in [2.75, 3.05) is 6.54 Å². The van der Waals surface area contributed by atoms with Crippen LogP contribution in [0.2, 0.25) is 8.67 Å². The van der Waals surface area contributed by atoms with E-state index in [9.17, 15) is 5.11 Å². The molecule has 2 N–H and O–H groups in total. The van der Waals surface area contributed by atoms with Crippen LogP contribution in [-0.4, -0.2) is 17.3 Å². The van der Waals surface area contributed by atoms with E-state index in [1.165, 1.54) is 11.3 Å². The Balaban J connectivity index is 1.93. The first-order valence-electron chi connectivity index (χ1n) is 5.91. The number of thiophene rings is 1. The van der Waals surface area contributed by atoms with E-state index in [1.807, 2.05) is 13.0 Å². The lowest BCUT2D eigenvalue weighted by Crippen LogP contribution is -2.38. The van der Waals surface area contributed by atoms with Crippen LogP contribution < -0.4 is 5.32 Å². The third-order valence-corrected chi connectivity index (χ3v) is 4.94. The minimum Gasteiger partial charge on any atom is -0.389 e. The Morgan fingerprint density at radius 2 is 2.12 bits per heavy atom. The van der Waals surface area contributed by atoms with Gasteiger partial charge in [0.05, 0.1) is 14.3 Å². The van der Waals surface area contributed by atoms with E-state index in [1.54, 1.807) is 0 Å². The lowest BCUT2D eigenvalue weighted by Gasteiger charge is -2.25. The second-order valence-electron chi connectivity index (χ2n) is 4.81. The van der Waals surface area contributed by atoms with Crippen molar-refractivity contribution in [3.63, 3.8) is 0 Å². The van der Waals surface area contributed by atoms with E-state index in [2.05, 4.69) is 5.32 Å². The normalized spacial score (nSPS) is 20.7. The molecule has 5 heteroatoms. The molecule has 0 spiro atoms. The largest absolute Gasteiger partial charge is 0.389 e. The first-order valence-corrected chi connectivity index (χ1v) is 7.48. The van der Waals surface area contributed by atoms with Gasteiger partial charge in [-0.2, -0.15) is 0 Å². The smallest absolute Gasteiger partial charge is 0.0991 e. The molecule has 17 heavy (non-hydrogen) atoms. The molecule has 0 radical (unpaired) electrons. The van der Waals surface area contributed by atoms with Crippen molar-refractivity contribution in [2.24, 2.45) is 0 Å². The molecule has 0 aromatic carbocycles. The van der Waals surface area contributed by atoms with Crippen molar-refractivity contribution in [1.82, 2.24) is 5.32 Å². The topological polar surface area (TPSA) is 32.3 Å². The van der Waals surface area contributed by atoms with Gasteiger partial charge in [-0.1, -0.05) is 36.0 Å². The Morgan fingerprint density at radius 1 is 1.47 bits per heavy atom. The third kappa shape index (κ3) is 3.36. The molecular weight excluding hydrogens is 277 g/mol. The molecule has 0 amide bonds. The number of hydrogen-bond donors (Lipinski definition) is 2. The molecule has 1 unspecified atom stereocenters. The summed E-state index contributed by atoms with van der Waals surface area (Å²) >= 11 is 13.4. The molecule has 1 saturated carbocycles. The fourth-order valence-electron chi connectivity index (χ4n) is 2.31. The van der Waals surface area contributed by atoms with Crippen LogP contribution >= 0.6 is 34.5 Å². The summed E-state index contributed by atoms with van der Waals surface area (Å²) in [7, 11) is 0. The van der Waals surface area contributed by atoms with Gasteiger partial charge in [-0.25, -0.2) is 0 Å². The van der Waals surface area contributed by atoms with Gasteiger partial charge in [0, 0.05) is 12.6 Å². The fourth-order valence-corrected chi connectivity index (χ4v) is 3.96. The summed E-state index contributed by atoms with van der Waals surface area (Å²) in [5.74, 6) is 0. The van der Waals surface area contributed by atoms with E-state index in [0.717, 1.165) is 35.6 Å². The Labute approximate surface area is 116 Å². The predicted octanol–water partition coefficient (Wildman–Crippen LogP) is 4.01. The van der Waals surface area contributed by atoms with Crippen LogP contribution in [0.4, 0.5) is 0 Å². The highest BCUT2D eigenvalue weighted by Crippen LogP contribution is 2.35. The molecule has 1 heterocycles. The summed E-state index contributed by atoms with van der Waals surface area (Å²) in [5, 5.41) is 13.6. The van der Waals surface area contributed by atoms with Gasteiger partial charge in [-0.05, 0) is 31.4 Å². The molecule has 1 aliphatic rings. The van der Waals surface area contributed by atoms with Crippen molar-refractivity contribution < 1.29 is 5.11 Å². The van der Waals surface area contributed by atoms with Crippen molar-refractivity contribution in [1.29, 1.82) is 0 Å². The maximum atomic E-state index is 10.2. The van der Waals surface area contributed by atoms with Gasteiger partial charge in [0.25, 0.3) is 0 Å². The van der Waals surface area contributed by atoms with Gasteiger partial charge in [-0.3, -0.25) is 0 Å². The molecule has 1 aliphatic carbocycles. The summed E-state index contributed by atoms with van der Waals surface area (Å²) in [4.78, 5) is 0. The molecule has 0 bridgehead atoms. The highest BCUT2D eigenvalue weighted by atomic mass is 35.5. The van der Waals surface area contributed by atoms with Crippen LogP contribution in [0.1, 0.15) is 44.2 Å². The first kappa shape index (κ1) is 13.6. The SMILES string of the molecule is CC(NCC1(O)CCCC1)c1cc(Cl)sc1Cl. The van der Waals surface area contributed by atoms with Crippen LogP contribution in [0.15, 0.2) is 6.07 Å². The second-order valence-corrected chi connectivity index (χ2v) is 7.10. The lowest BCUT2D eigenvalue weighted by molar-refractivity contribution is 0.0453. The average Bonchev–Trinajstić information content (AvgIpc) is 2.83. The molecule has 1 aromatic heterocycles. The van der Waals surface area contributed by atoms with E-state index in [4.69, 9.17) is 23.2 Å². The van der Waals surface area contributed by atoms with Crippen LogP contribution in [0.3, 0.4) is 0 Å². The number of halogens is 2. The summed E-state index contributed by atoms with van der Waals surface area (Å²) in [5.41, 5.74) is 0.490. The molecule has 1 atom stereocenters. The average molecular weight is 294 g/mol. The Bertz CT molecular complexity index is 388. The molecule has 0 saturated heterocycles. The number of rotatable bonds is 4. The van der Waals surface area contributed by atoms with Gasteiger partial charge in [-0.15, -0.1) is 11.3 Å². The zero-order chi connectivity index (χ0) is 12.5. The van der Waals surface area contributed by atoms with E-state index in [-0.39, 0.29) is 6.04 Å². The predicted molar refractivity (Wildman–Crippen MR) is 74.2 cm³/mol. The van der Waals surface area contributed by atoms with Gasteiger partial charge in [0.15, 0.2) is 0 Å². The van der Waals surface area contributed by atoms with Crippen LogP contribution in [0, 0.1) is 0 Å². The zero-order valence-electron chi connectivity index (χ0n) is 9.80. The number of aliphatic hydroxyl groups is 1. The van der Waals surface area contributed by atoms with Gasteiger partial charge in [0.1, 0.15) is 0 Å². The first-order chi connectivity index (χ1) is 8.00. The standard InChI is InChI=1S/C12H17Cl2NOS/c1-8(9-6-10(13)17-11(9)14)15-7-12(16)4-2-3-5-12/h6,8,15-16H,2-5,7H2,1H3. The number of hydrogen-bond acceptors (Lipinski definition) is 3. The Hall–Kier alpha value is 0.200. The van der Waals surface area contributed by atoms with Crippen molar-refractivity contribution >= 4 is 34.5 Å². The van der Waals surface area contributed by atoms with E-state index < -0.39 is 5.60 Å².